The summed E-state index contributed by atoms with van der Waals surface area (Å²) >= 11 is 0. The maximum atomic E-state index is 9.90. The fraction of sp³-hybridized carbons (Fsp3) is 0.857. The van der Waals surface area contributed by atoms with E-state index in [1.54, 1.807) is 0 Å². The van der Waals surface area contributed by atoms with E-state index in [0.717, 1.165) is 0 Å². The van der Waals surface area contributed by atoms with Crippen LogP contribution in [0.25, 0.3) is 0 Å². The lowest BCUT2D eigenvalue weighted by molar-refractivity contribution is -0.139. The third kappa shape index (κ3) is 45.5. The average Bonchev–Trinajstić information content (AvgIpc) is 2.42. The van der Waals surface area contributed by atoms with Gasteiger partial charge in [0.05, 0.1) is 13.2 Å². The van der Waals surface area contributed by atoms with E-state index in [1.165, 1.54) is 19.8 Å². The van der Waals surface area contributed by atoms with Crippen LogP contribution in [0, 0.1) is 0 Å². The summed E-state index contributed by atoms with van der Waals surface area (Å²) in [4.78, 5) is 19.8. The van der Waals surface area contributed by atoms with Gasteiger partial charge in [0.2, 0.25) is 0 Å². The van der Waals surface area contributed by atoms with Crippen LogP contribution < -0.4 is 0 Å². The van der Waals surface area contributed by atoms with Gasteiger partial charge in [0.15, 0.2) is 6.29 Å². The maximum absolute atomic E-state index is 9.90. The van der Waals surface area contributed by atoms with Crippen molar-refractivity contribution in [2.24, 2.45) is 0 Å². The van der Waals surface area contributed by atoms with Crippen molar-refractivity contribution in [2.75, 3.05) is 13.2 Å². The van der Waals surface area contributed by atoms with Crippen LogP contribution >= 0.6 is 0 Å². The lowest BCUT2D eigenvalue weighted by atomic mass is 10.2. The number of unbranched alkanes of at least 4 members (excludes halogenated alkanes) is 2. The van der Waals surface area contributed by atoms with Crippen molar-refractivity contribution in [2.45, 2.75) is 65.6 Å². The highest BCUT2D eigenvalue weighted by Crippen LogP contribution is 1.98. The summed E-state index contributed by atoms with van der Waals surface area (Å²) in [5, 5.41) is 32.7. The number of aliphatic hydroxyl groups is 2. The first-order chi connectivity index (χ1) is 9.81. The van der Waals surface area contributed by atoms with E-state index in [0.29, 0.717) is 12.8 Å². The molecule has 7 heteroatoms. The third-order valence-corrected chi connectivity index (χ3v) is 1.98. The Labute approximate surface area is 126 Å². The Balaban J connectivity index is -0.000000256. The predicted molar refractivity (Wildman–Crippen MR) is 79.0 cm³/mol. The molecule has 0 saturated carbocycles. The summed E-state index contributed by atoms with van der Waals surface area (Å²) in [6, 6.07) is 0. The van der Waals surface area contributed by atoms with Crippen molar-refractivity contribution in [3.05, 3.63) is 0 Å². The van der Waals surface area contributed by atoms with E-state index >= 15 is 0 Å². The fourth-order valence-electron chi connectivity index (χ4n) is 0.776. The minimum absolute atomic E-state index is 0.0368. The van der Waals surface area contributed by atoms with Gasteiger partial charge >= 0.3 is 11.9 Å². The van der Waals surface area contributed by atoms with E-state index in [1.807, 2.05) is 0 Å². The number of aliphatic carboxylic acids is 2. The number of carbonyl (C=O) groups is 2. The molecule has 0 aliphatic heterocycles. The normalized spacial score (nSPS) is 10.5. The molecule has 4 N–H and O–H groups in total. The zero-order valence-electron chi connectivity index (χ0n) is 13.2. The van der Waals surface area contributed by atoms with Crippen molar-refractivity contribution < 1.29 is 34.8 Å². The number of carboxylic acid groups (broad SMARTS) is 2. The van der Waals surface area contributed by atoms with Crippen LogP contribution in [0.5, 0.6) is 0 Å². The molecule has 0 rings (SSSR count). The molecule has 0 heterocycles. The van der Waals surface area contributed by atoms with Gasteiger partial charge in [0.25, 0.3) is 0 Å². The summed E-state index contributed by atoms with van der Waals surface area (Å²) in [7, 11) is 0. The summed E-state index contributed by atoms with van der Waals surface area (Å²) in [6.07, 6.45) is 2.90. The summed E-state index contributed by atoms with van der Waals surface area (Å²) < 4.78 is 4.50. The quantitative estimate of drug-likeness (QED) is 0.378. The first kappa shape index (κ1) is 24.8. The van der Waals surface area contributed by atoms with E-state index < -0.39 is 18.2 Å². The Morgan fingerprint density at radius 3 is 1.52 bits per heavy atom. The van der Waals surface area contributed by atoms with E-state index in [-0.39, 0.29) is 26.1 Å². The molecule has 0 fully saturated rings. The highest BCUT2D eigenvalue weighted by Gasteiger charge is 1.99. The molecule has 0 aromatic carbocycles. The van der Waals surface area contributed by atoms with Gasteiger partial charge < -0.3 is 25.2 Å². The summed E-state index contributed by atoms with van der Waals surface area (Å²) in [5.74, 6) is -1.74. The molecular weight excluding hydrogens is 280 g/mol. The van der Waals surface area contributed by atoms with Crippen molar-refractivity contribution >= 4 is 11.9 Å². The molecule has 0 aromatic rings. The molecule has 0 aliphatic carbocycles. The molecule has 21 heavy (non-hydrogen) atoms. The number of ether oxygens (including phenoxy) is 1. The molecule has 128 valence electrons. The summed E-state index contributed by atoms with van der Waals surface area (Å²) in [6.45, 7) is 6.03. The number of hydrogen-bond donors (Lipinski definition) is 4. The molecule has 0 aliphatic rings. The molecule has 0 aromatic heterocycles. The Hall–Kier alpha value is -1.18. The van der Waals surface area contributed by atoms with Crippen LogP contribution in [0.15, 0.2) is 0 Å². The van der Waals surface area contributed by atoms with Gasteiger partial charge in [-0.05, 0) is 19.8 Å². The van der Waals surface area contributed by atoms with Crippen LogP contribution in [0.1, 0.15) is 59.3 Å². The van der Waals surface area contributed by atoms with Gasteiger partial charge in [-0.3, -0.25) is 9.59 Å². The van der Waals surface area contributed by atoms with Crippen molar-refractivity contribution in [3.63, 3.8) is 0 Å². The first-order valence-electron chi connectivity index (χ1n) is 7.15. The second-order valence-corrected chi connectivity index (χ2v) is 4.19. The van der Waals surface area contributed by atoms with Crippen molar-refractivity contribution in [3.8, 4) is 0 Å². The Bertz CT molecular complexity index is 211. The third-order valence-electron chi connectivity index (χ3n) is 1.98. The molecule has 7 nitrogen and oxygen atoms in total. The molecule has 0 radical (unpaired) electrons. The molecule has 0 bridgehead atoms. The highest BCUT2D eigenvalue weighted by molar-refractivity contribution is 5.67. The minimum atomic E-state index is -0.870. The number of carboxylic acids is 2. The van der Waals surface area contributed by atoms with Crippen molar-refractivity contribution in [1.82, 2.24) is 0 Å². The monoisotopic (exact) mass is 310 g/mol. The summed E-state index contributed by atoms with van der Waals surface area (Å²) in [5.41, 5.74) is 0. The first-order valence-corrected chi connectivity index (χ1v) is 7.15. The van der Waals surface area contributed by atoms with Crippen LogP contribution in [0.2, 0.25) is 0 Å². The van der Waals surface area contributed by atoms with E-state index in [4.69, 9.17) is 20.4 Å². The molecule has 0 spiro atoms. The maximum Gasteiger partial charge on any atom is 0.303 e. The van der Waals surface area contributed by atoms with Crippen LogP contribution in [0.3, 0.4) is 0 Å². The predicted octanol–water partition coefficient (Wildman–Crippen LogP) is 1.86. The van der Waals surface area contributed by atoms with Gasteiger partial charge in [-0.2, -0.15) is 0 Å². The molecule has 0 saturated heterocycles. The lowest BCUT2D eigenvalue weighted by Crippen LogP contribution is -2.09. The topological polar surface area (TPSA) is 124 Å². The van der Waals surface area contributed by atoms with Crippen LogP contribution in [-0.4, -0.2) is 51.9 Å². The van der Waals surface area contributed by atoms with Crippen LogP contribution in [-0.2, 0) is 14.3 Å². The highest BCUT2D eigenvalue weighted by atomic mass is 16.6. The number of aliphatic hydroxyl groups excluding tert-OH is 2. The average molecular weight is 310 g/mol. The number of hydrogen-bond acceptors (Lipinski definition) is 5. The van der Waals surface area contributed by atoms with Gasteiger partial charge in [-0.15, -0.1) is 0 Å². The second kappa shape index (κ2) is 21.1. The molecule has 0 amide bonds. The van der Waals surface area contributed by atoms with Gasteiger partial charge in [-0.25, -0.2) is 0 Å². The van der Waals surface area contributed by atoms with E-state index in [2.05, 4.69) is 18.6 Å². The lowest BCUT2D eigenvalue weighted by Gasteiger charge is -2.01. The number of rotatable bonds is 9. The van der Waals surface area contributed by atoms with Crippen molar-refractivity contribution in [1.29, 1.82) is 0 Å². The zero-order valence-corrected chi connectivity index (χ0v) is 13.2. The molecule has 1 atom stereocenters. The zero-order chi connectivity index (χ0) is 17.1. The SMILES string of the molecule is CC(O)OCCO.CCCC.O=C(O)CCCCC(=O)O. The smallest absolute Gasteiger partial charge is 0.303 e. The van der Waals surface area contributed by atoms with E-state index in [9.17, 15) is 9.59 Å². The van der Waals surface area contributed by atoms with Gasteiger partial charge in [0, 0.05) is 12.8 Å². The van der Waals surface area contributed by atoms with Gasteiger partial charge in [-0.1, -0.05) is 26.7 Å². The second-order valence-electron chi connectivity index (χ2n) is 4.19. The van der Waals surface area contributed by atoms with Crippen LogP contribution in [0.4, 0.5) is 0 Å². The molecule has 1 unspecified atom stereocenters. The fourth-order valence-corrected chi connectivity index (χ4v) is 0.776. The molecular formula is C14H30O7. The van der Waals surface area contributed by atoms with Gasteiger partial charge in [0.1, 0.15) is 0 Å². The Morgan fingerprint density at radius 2 is 1.38 bits per heavy atom. The standard InChI is InChI=1S/C6H10O4.C4H10O3.C4H10/c7-5(8)3-1-2-4-6(9)10;1-4(6)7-3-2-5;1-3-4-2/h1-4H2,(H,7,8)(H,9,10);4-6H,2-3H2,1H3;3-4H2,1-2H3. The minimum Gasteiger partial charge on any atom is -0.481 e. The largest absolute Gasteiger partial charge is 0.481 e. The Kier molecular flexibility index (Phi) is 25.0. The Morgan fingerprint density at radius 1 is 1.00 bits per heavy atom.